The average Bonchev–Trinajstić information content (AvgIpc) is 3.22. The summed E-state index contributed by atoms with van der Waals surface area (Å²) in [7, 11) is 1.64. The monoisotopic (exact) mass is 367 g/mol. The fourth-order valence-electron chi connectivity index (χ4n) is 2.18. The maximum atomic E-state index is 11.8. The lowest BCUT2D eigenvalue weighted by Crippen LogP contribution is -2.18. The van der Waals surface area contributed by atoms with Gasteiger partial charge in [-0.25, -0.2) is 10.4 Å². The van der Waals surface area contributed by atoms with Crippen molar-refractivity contribution in [3.05, 3.63) is 71.7 Å². The number of rotatable bonds is 7. The Hall–Kier alpha value is -3.13. The topological polar surface area (TPSA) is 92.3 Å². The average molecular weight is 367 g/mol. The molecule has 1 amide bonds. The molecule has 132 valence electrons. The maximum absolute atomic E-state index is 11.8. The van der Waals surface area contributed by atoms with Crippen molar-refractivity contribution in [3.63, 3.8) is 0 Å². The third kappa shape index (κ3) is 4.70. The van der Waals surface area contributed by atoms with Crippen LogP contribution in [0.2, 0.25) is 0 Å². The summed E-state index contributed by atoms with van der Waals surface area (Å²) in [6.45, 7) is 0. The number of benzene rings is 1. The first-order valence-electron chi connectivity index (χ1n) is 7.80. The van der Waals surface area contributed by atoms with Crippen LogP contribution >= 0.6 is 11.8 Å². The largest absolute Gasteiger partial charge is 0.496 e. The second kappa shape index (κ2) is 8.82. The number of nitrogens with one attached hydrogen (secondary N) is 2. The normalized spacial score (nSPS) is 10.8. The molecule has 1 aromatic carbocycles. The van der Waals surface area contributed by atoms with E-state index in [1.807, 2.05) is 36.4 Å². The van der Waals surface area contributed by atoms with E-state index >= 15 is 0 Å². The van der Waals surface area contributed by atoms with Gasteiger partial charge in [0, 0.05) is 23.7 Å². The zero-order valence-corrected chi connectivity index (χ0v) is 14.9. The molecule has 0 aliphatic rings. The van der Waals surface area contributed by atoms with Crippen molar-refractivity contribution in [1.29, 1.82) is 0 Å². The predicted molar refractivity (Wildman–Crippen MR) is 100 cm³/mol. The Bertz CT molecular complexity index is 882. The fraction of sp³-hybridized carbons (Fsp3) is 0.111. The number of thioether (sulfide) groups is 1. The van der Waals surface area contributed by atoms with E-state index in [9.17, 15) is 4.79 Å². The first-order valence-corrected chi connectivity index (χ1v) is 8.78. The number of H-pyrrole nitrogens is 1. The number of hydrogen-bond acceptors (Lipinski definition) is 6. The van der Waals surface area contributed by atoms with Crippen molar-refractivity contribution in [3.8, 4) is 5.75 Å². The van der Waals surface area contributed by atoms with Crippen LogP contribution in [0.4, 0.5) is 0 Å². The number of ether oxygens (including phenoxy) is 1. The molecule has 0 aliphatic heterocycles. The standard InChI is InChI=1S/C18H17N5O2S/c1-25-16-6-5-13(11-21-23-18(24)15-7-9-20-22-15)10-14(16)12-26-17-4-2-3-8-19-17/h2-11H,12H2,1H3,(H,20,22)(H,23,24)/b21-11+. The number of aromatic amines is 1. The van der Waals surface area contributed by atoms with E-state index in [1.54, 1.807) is 37.3 Å². The zero-order valence-electron chi connectivity index (χ0n) is 14.0. The van der Waals surface area contributed by atoms with Gasteiger partial charge in [0.25, 0.3) is 5.91 Å². The van der Waals surface area contributed by atoms with Crippen LogP contribution in [0, 0.1) is 0 Å². The van der Waals surface area contributed by atoms with E-state index in [2.05, 4.69) is 25.7 Å². The zero-order chi connectivity index (χ0) is 18.2. The van der Waals surface area contributed by atoms with Crippen LogP contribution in [0.3, 0.4) is 0 Å². The summed E-state index contributed by atoms with van der Waals surface area (Å²) in [5.41, 5.74) is 4.68. The highest BCUT2D eigenvalue weighted by molar-refractivity contribution is 7.98. The Morgan fingerprint density at radius 2 is 2.23 bits per heavy atom. The van der Waals surface area contributed by atoms with Crippen LogP contribution in [0.1, 0.15) is 21.6 Å². The van der Waals surface area contributed by atoms with Gasteiger partial charge in [-0.15, -0.1) is 11.8 Å². The summed E-state index contributed by atoms with van der Waals surface area (Å²) < 4.78 is 5.42. The Morgan fingerprint density at radius 1 is 1.31 bits per heavy atom. The number of carbonyl (C=O) groups is 1. The predicted octanol–water partition coefficient (Wildman–Crippen LogP) is 2.87. The smallest absolute Gasteiger partial charge is 0.289 e. The highest BCUT2D eigenvalue weighted by Crippen LogP contribution is 2.27. The molecule has 0 saturated heterocycles. The lowest BCUT2D eigenvalue weighted by Gasteiger charge is -2.09. The third-order valence-electron chi connectivity index (χ3n) is 3.44. The number of carbonyl (C=O) groups excluding carboxylic acids is 1. The molecule has 0 saturated carbocycles. The molecule has 3 aromatic rings. The highest BCUT2D eigenvalue weighted by atomic mass is 32.2. The fourth-order valence-corrected chi connectivity index (χ4v) is 3.02. The van der Waals surface area contributed by atoms with E-state index in [0.717, 1.165) is 21.9 Å². The molecule has 26 heavy (non-hydrogen) atoms. The molecular weight excluding hydrogens is 350 g/mol. The van der Waals surface area contributed by atoms with Crippen molar-refractivity contribution in [2.45, 2.75) is 10.8 Å². The van der Waals surface area contributed by atoms with Crippen molar-refractivity contribution < 1.29 is 9.53 Å². The Balaban J connectivity index is 1.66. The Kier molecular flexibility index (Phi) is 6.00. The molecule has 7 nitrogen and oxygen atoms in total. The first kappa shape index (κ1) is 17.7. The number of hydrazone groups is 1. The number of pyridine rings is 1. The molecule has 2 heterocycles. The molecule has 2 N–H and O–H groups in total. The molecule has 8 heteroatoms. The molecule has 0 unspecified atom stereocenters. The van der Waals surface area contributed by atoms with Gasteiger partial charge in [-0.05, 0) is 42.0 Å². The van der Waals surface area contributed by atoms with Gasteiger partial charge in [-0.1, -0.05) is 6.07 Å². The first-order chi connectivity index (χ1) is 12.8. The van der Waals surface area contributed by atoms with Gasteiger partial charge in [-0.3, -0.25) is 9.89 Å². The van der Waals surface area contributed by atoms with E-state index in [1.165, 1.54) is 6.20 Å². The van der Waals surface area contributed by atoms with Crippen LogP contribution in [0.15, 0.2) is 65.0 Å². The summed E-state index contributed by atoms with van der Waals surface area (Å²) in [5.74, 6) is 1.16. The summed E-state index contributed by atoms with van der Waals surface area (Å²) in [4.78, 5) is 16.1. The number of hydrogen-bond donors (Lipinski definition) is 2. The quantitative estimate of drug-likeness (QED) is 0.381. The van der Waals surface area contributed by atoms with Gasteiger partial charge in [0.15, 0.2) is 0 Å². The van der Waals surface area contributed by atoms with E-state index in [0.29, 0.717) is 11.4 Å². The minimum Gasteiger partial charge on any atom is -0.496 e. The van der Waals surface area contributed by atoms with Crippen molar-refractivity contribution in [1.82, 2.24) is 20.6 Å². The lowest BCUT2D eigenvalue weighted by atomic mass is 10.1. The van der Waals surface area contributed by atoms with Crippen molar-refractivity contribution in [2.24, 2.45) is 5.10 Å². The van der Waals surface area contributed by atoms with Gasteiger partial charge < -0.3 is 4.74 Å². The van der Waals surface area contributed by atoms with Crippen molar-refractivity contribution in [2.75, 3.05) is 7.11 Å². The van der Waals surface area contributed by atoms with Gasteiger partial charge in [-0.2, -0.15) is 10.2 Å². The number of amides is 1. The van der Waals surface area contributed by atoms with Gasteiger partial charge in [0.1, 0.15) is 11.4 Å². The molecule has 0 radical (unpaired) electrons. The highest BCUT2D eigenvalue weighted by Gasteiger charge is 2.07. The second-order valence-corrected chi connectivity index (χ2v) is 6.19. The molecule has 0 fully saturated rings. The maximum Gasteiger partial charge on any atom is 0.289 e. The van der Waals surface area contributed by atoms with E-state index in [4.69, 9.17) is 4.74 Å². The van der Waals surface area contributed by atoms with Gasteiger partial charge in [0.2, 0.25) is 0 Å². The second-order valence-electron chi connectivity index (χ2n) is 5.20. The Labute approximate surface area is 154 Å². The number of aromatic nitrogens is 3. The molecular formula is C18H17N5O2S. The number of methoxy groups -OCH3 is 1. The molecule has 0 atom stereocenters. The van der Waals surface area contributed by atoms with E-state index in [-0.39, 0.29) is 5.91 Å². The van der Waals surface area contributed by atoms with Crippen LogP contribution in [-0.2, 0) is 5.75 Å². The lowest BCUT2D eigenvalue weighted by molar-refractivity contribution is 0.0950. The molecule has 0 bridgehead atoms. The molecule has 3 rings (SSSR count). The molecule has 0 aliphatic carbocycles. The summed E-state index contributed by atoms with van der Waals surface area (Å²) in [5, 5.41) is 11.2. The summed E-state index contributed by atoms with van der Waals surface area (Å²) in [6.07, 6.45) is 4.86. The Morgan fingerprint density at radius 3 is 2.96 bits per heavy atom. The van der Waals surface area contributed by atoms with Crippen LogP contribution in [0.25, 0.3) is 0 Å². The summed E-state index contributed by atoms with van der Waals surface area (Å²) in [6, 6.07) is 13.1. The third-order valence-corrected chi connectivity index (χ3v) is 4.44. The van der Waals surface area contributed by atoms with Gasteiger partial charge >= 0.3 is 0 Å². The van der Waals surface area contributed by atoms with Crippen molar-refractivity contribution >= 4 is 23.9 Å². The van der Waals surface area contributed by atoms with Crippen LogP contribution in [0.5, 0.6) is 5.75 Å². The summed E-state index contributed by atoms with van der Waals surface area (Å²) >= 11 is 1.62. The number of nitrogens with zero attached hydrogens (tertiary/aromatic N) is 3. The van der Waals surface area contributed by atoms with Crippen LogP contribution in [-0.4, -0.2) is 34.4 Å². The van der Waals surface area contributed by atoms with Crippen LogP contribution < -0.4 is 10.2 Å². The minimum absolute atomic E-state index is 0.349. The molecule has 0 spiro atoms. The molecule has 2 aromatic heterocycles. The van der Waals surface area contributed by atoms with E-state index < -0.39 is 0 Å². The SMILES string of the molecule is COc1ccc(/C=N/NC(=O)c2ccn[nH]2)cc1CSc1ccccn1. The van der Waals surface area contributed by atoms with Gasteiger partial charge in [0.05, 0.1) is 18.4 Å². The minimum atomic E-state index is -0.349.